The zero-order valence-corrected chi connectivity index (χ0v) is 11.9. The summed E-state index contributed by atoms with van der Waals surface area (Å²) in [5.74, 6) is 0.547. The third-order valence-corrected chi connectivity index (χ3v) is 2.40. The van der Waals surface area contributed by atoms with Crippen molar-refractivity contribution in [2.24, 2.45) is 0 Å². The Balaban J connectivity index is 2.32. The van der Waals surface area contributed by atoms with Gasteiger partial charge in [-0.3, -0.25) is 4.79 Å². The summed E-state index contributed by atoms with van der Waals surface area (Å²) < 4.78 is 5.30. The SMILES string of the molecule is CCCNC(=O)CNC(=O)Nc1ccc(OCC)cc1. The van der Waals surface area contributed by atoms with Crippen LogP contribution in [0, 0.1) is 0 Å². The molecule has 1 aromatic carbocycles. The van der Waals surface area contributed by atoms with Crippen LogP contribution in [-0.2, 0) is 4.79 Å². The van der Waals surface area contributed by atoms with Crippen LogP contribution in [0.5, 0.6) is 5.75 Å². The molecule has 1 aromatic rings. The molecule has 0 saturated carbocycles. The normalized spacial score (nSPS) is 9.70. The molecule has 20 heavy (non-hydrogen) atoms. The van der Waals surface area contributed by atoms with Crippen LogP contribution in [0.3, 0.4) is 0 Å². The Morgan fingerprint density at radius 1 is 1.10 bits per heavy atom. The van der Waals surface area contributed by atoms with Crippen molar-refractivity contribution in [1.82, 2.24) is 10.6 Å². The van der Waals surface area contributed by atoms with Gasteiger partial charge >= 0.3 is 6.03 Å². The van der Waals surface area contributed by atoms with Crippen LogP contribution in [0.4, 0.5) is 10.5 Å². The summed E-state index contributed by atoms with van der Waals surface area (Å²) in [7, 11) is 0. The van der Waals surface area contributed by atoms with Crippen LogP contribution in [0.25, 0.3) is 0 Å². The molecule has 0 aromatic heterocycles. The molecule has 0 atom stereocenters. The van der Waals surface area contributed by atoms with Gasteiger partial charge in [0.1, 0.15) is 5.75 Å². The fraction of sp³-hybridized carbons (Fsp3) is 0.429. The number of hydrogen-bond acceptors (Lipinski definition) is 3. The fourth-order valence-corrected chi connectivity index (χ4v) is 1.46. The number of carbonyl (C=O) groups is 2. The van der Waals surface area contributed by atoms with E-state index in [0.717, 1.165) is 12.2 Å². The van der Waals surface area contributed by atoms with E-state index < -0.39 is 6.03 Å². The molecular weight excluding hydrogens is 258 g/mol. The Morgan fingerprint density at radius 2 is 1.80 bits per heavy atom. The highest BCUT2D eigenvalue weighted by molar-refractivity contribution is 5.92. The molecule has 0 heterocycles. The second kappa shape index (κ2) is 8.79. The summed E-state index contributed by atoms with van der Waals surface area (Å²) in [6, 6.07) is 6.60. The highest BCUT2D eigenvalue weighted by atomic mass is 16.5. The number of anilines is 1. The molecule has 0 spiro atoms. The Labute approximate surface area is 118 Å². The predicted molar refractivity (Wildman–Crippen MR) is 77.9 cm³/mol. The number of carbonyl (C=O) groups excluding carboxylic acids is 2. The highest BCUT2D eigenvalue weighted by Crippen LogP contribution is 2.15. The van der Waals surface area contributed by atoms with Crippen molar-refractivity contribution < 1.29 is 14.3 Å². The summed E-state index contributed by atoms with van der Waals surface area (Å²) in [6.07, 6.45) is 0.865. The van der Waals surface area contributed by atoms with Crippen molar-refractivity contribution in [3.05, 3.63) is 24.3 Å². The van der Waals surface area contributed by atoms with Gasteiger partial charge < -0.3 is 20.7 Å². The number of hydrogen-bond donors (Lipinski definition) is 3. The molecule has 3 N–H and O–H groups in total. The highest BCUT2D eigenvalue weighted by Gasteiger charge is 2.05. The zero-order valence-electron chi connectivity index (χ0n) is 11.9. The molecule has 0 aliphatic rings. The van der Waals surface area contributed by atoms with Crippen LogP contribution >= 0.6 is 0 Å². The molecular formula is C14H21N3O3. The number of amides is 3. The topological polar surface area (TPSA) is 79.5 Å². The van der Waals surface area contributed by atoms with E-state index in [1.807, 2.05) is 13.8 Å². The van der Waals surface area contributed by atoms with Gasteiger partial charge in [0.15, 0.2) is 0 Å². The molecule has 110 valence electrons. The second-order valence-electron chi connectivity index (χ2n) is 4.12. The summed E-state index contributed by atoms with van der Waals surface area (Å²) in [5.41, 5.74) is 0.639. The zero-order chi connectivity index (χ0) is 14.8. The third kappa shape index (κ3) is 6.08. The lowest BCUT2D eigenvalue weighted by atomic mass is 10.3. The summed E-state index contributed by atoms with van der Waals surface area (Å²) in [5, 5.41) is 7.80. The first-order chi connectivity index (χ1) is 9.65. The Bertz CT molecular complexity index is 432. The van der Waals surface area contributed by atoms with E-state index in [1.54, 1.807) is 24.3 Å². The van der Waals surface area contributed by atoms with E-state index in [0.29, 0.717) is 18.8 Å². The summed E-state index contributed by atoms with van der Waals surface area (Å²) in [6.45, 7) is 5.04. The van der Waals surface area contributed by atoms with E-state index in [2.05, 4.69) is 16.0 Å². The average Bonchev–Trinajstić information content (AvgIpc) is 2.45. The molecule has 0 bridgehead atoms. The van der Waals surface area contributed by atoms with Crippen molar-refractivity contribution >= 4 is 17.6 Å². The first-order valence-electron chi connectivity index (χ1n) is 6.70. The third-order valence-electron chi connectivity index (χ3n) is 2.40. The predicted octanol–water partition coefficient (Wildman–Crippen LogP) is 1.73. The van der Waals surface area contributed by atoms with E-state index in [4.69, 9.17) is 4.74 Å². The van der Waals surface area contributed by atoms with E-state index in [-0.39, 0.29) is 12.5 Å². The number of urea groups is 1. The van der Waals surface area contributed by atoms with Crippen molar-refractivity contribution in [3.8, 4) is 5.75 Å². The van der Waals surface area contributed by atoms with Crippen molar-refractivity contribution in [2.45, 2.75) is 20.3 Å². The molecule has 1 rings (SSSR count). The van der Waals surface area contributed by atoms with Gasteiger partial charge in [0.05, 0.1) is 13.2 Å². The van der Waals surface area contributed by atoms with Gasteiger partial charge in [0.2, 0.25) is 5.91 Å². The Kier molecular flexibility index (Phi) is 6.95. The minimum Gasteiger partial charge on any atom is -0.494 e. The van der Waals surface area contributed by atoms with Gasteiger partial charge in [0, 0.05) is 12.2 Å². The standard InChI is InChI=1S/C14H21N3O3/c1-3-9-15-13(18)10-16-14(19)17-11-5-7-12(8-6-11)20-4-2/h5-8H,3-4,9-10H2,1-2H3,(H,15,18)(H2,16,17,19). The van der Waals surface area contributed by atoms with Gasteiger partial charge in [-0.1, -0.05) is 6.92 Å². The van der Waals surface area contributed by atoms with Crippen LogP contribution in [-0.4, -0.2) is 31.6 Å². The van der Waals surface area contributed by atoms with E-state index in [1.165, 1.54) is 0 Å². The molecule has 0 radical (unpaired) electrons. The number of ether oxygens (including phenoxy) is 1. The van der Waals surface area contributed by atoms with Crippen LogP contribution < -0.4 is 20.7 Å². The maximum Gasteiger partial charge on any atom is 0.319 e. The fourth-order valence-electron chi connectivity index (χ4n) is 1.46. The minimum atomic E-state index is -0.416. The quantitative estimate of drug-likeness (QED) is 0.711. The molecule has 0 fully saturated rings. The van der Waals surface area contributed by atoms with Crippen molar-refractivity contribution in [2.75, 3.05) is 25.0 Å². The van der Waals surface area contributed by atoms with Crippen LogP contribution in [0.15, 0.2) is 24.3 Å². The van der Waals surface area contributed by atoms with Gasteiger partial charge in [0.25, 0.3) is 0 Å². The van der Waals surface area contributed by atoms with Gasteiger partial charge in [-0.15, -0.1) is 0 Å². The molecule has 0 saturated heterocycles. The summed E-state index contributed by atoms with van der Waals surface area (Å²) >= 11 is 0. The lowest BCUT2D eigenvalue weighted by molar-refractivity contribution is -0.120. The Morgan fingerprint density at radius 3 is 2.40 bits per heavy atom. The molecule has 6 nitrogen and oxygen atoms in total. The molecule has 3 amide bonds. The van der Waals surface area contributed by atoms with Crippen LogP contribution in [0.2, 0.25) is 0 Å². The lowest BCUT2D eigenvalue weighted by Gasteiger charge is -2.09. The van der Waals surface area contributed by atoms with Gasteiger partial charge in [-0.25, -0.2) is 4.79 Å². The number of rotatable bonds is 7. The smallest absolute Gasteiger partial charge is 0.319 e. The lowest BCUT2D eigenvalue weighted by Crippen LogP contribution is -2.39. The van der Waals surface area contributed by atoms with E-state index in [9.17, 15) is 9.59 Å². The second-order valence-corrected chi connectivity index (χ2v) is 4.12. The minimum absolute atomic E-state index is 0.0388. The molecule has 0 aliphatic heterocycles. The first kappa shape index (κ1) is 15.8. The Hall–Kier alpha value is -2.24. The molecule has 6 heteroatoms. The van der Waals surface area contributed by atoms with E-state index >= 15 is 0 Å². The largest absolute Gasteiger partial charge is 0.494 e. The maximum atomic E-state index is 11.6. The monoisotopic (exact) mass is 279 g/mol. The number of benzene rings is 1. The van der Waals surface area contributed by atoms with Crippen molar-refractivity contribution in [3.63, 3.8) is 0 Å². The summed E-state index contributed by atoms with van der Waals surface area (Å²) in [4.78, 5) is 22.9. The maximum absolute atomic E-state index is 11.6. The average molecular weight is 279 g/mol. The molecule has 0 aliphatic carbocycles. The van der Waals surface area contributed by atoms with Crippen molar-refractivity contribution in [1.29, 1.82) is 0 Å². The van der Waals surface area contributed by atoms with Gasteiger partial charge in [-0.2, -0.15) is 0 Å². The molecule has 0 unspecified atom stereocenters. The number of nitrogens with one attached hydrogen (secondary N) is 3. The van der Waals surface area contributed by atoms with Crippen LogP contribution in [0.1, 0.15) is 20.3 Å². The first-order valence-corrected chi connectivity index (χ1v) is 6.70. The van der Waals surface area contributed by atoms with Gasteiger partial charge in [-0.05, 0) is 37.6 Å².